The molecule has 19 heavy (non-hydrogen) atoms. The van der Waals surface area contributed by atoms with Crippen molar-refractivity contribution < 1.29 is 13.2 Å². The van der Waals surface area contributed by atoms with Crippen LogP contribution in [-0.4, -0.2) is 23.1 Å². The molecule has 8 heteroatoms. The largest absolute Gasteiger partial charge is 0.451 e. The van der Waals surface area contributed by atoms with Crippen LogP contribution < -0.4 is 16.2 Å². The fourth-order valence-electron chi connectivity index (χ4n) is 1.68. The van der Waals surface area contributed by atoms with Crippen LogP contribution in [0, 0.1) is 0 Å². The van der Waals surface area contributed by atoms with E-state index in [9.17, 15) is 13.2 Å². The Morgan fingerprint density at radius 1 is 1.21 bits per heavy atom. The number of halogens is 3. The highest BCUT2D eigenvalue weighted by molar-refractivity contribution is 5.49. The van der Waals surface area contributed by atoms with Crippen LogP contribution in [0.3, 0.4) is 0 Å². The molecule has 0 spiro atoms. The van der Waals surface area contributed by atoms with E-state index in [2.05, 4.69) is 15.4 Å². The number of anilines is 2. The summed E-state index contributed by atoms with van der Waals surface area (Å²) in [5.41, 5.74) is 2.14. The van der Waals surface area contributed by atoms with Gasteiger partial charge in [0, 0.05) is 19.2 Å². The van der Waals surface area contributed by atoms with Crippen molar-refractivity contribution in [3.63, 3.8) is 0 Å². The quantitative estimate of drug-likeness (QED) is 0.617. The minimum atomic E-state index is -4.59. The lowest BCUT2D eigenvalue weighted by molar-refractivity contribution is -0.144. The SMILES string of the molecule is CCCN(CCC)c1cc(NN)nc(C(F)(F)F)n1. The minimum Gasteiger partial charge on any atom is -0.356 e. The second-order valence-corrected chi connectivity index (χ2v) is 4.06. The summed E-state index contributed by atoms with van der Waals surface area (Å²) < 4.78 is 38.1. The van der Waals surface area contributed by atoms with Gasteiger partial charge >= 0.3 is 6.18 Å². The fourth-order valence-corrected chi connectivity index (χ4v) is 1.68. The molecule has 0 saturated heterocycles. The van der Waals surface area contributed by atoms with Crippen molar-refractivity contribution in [2.24, 2.45) is 5.84 Å². The summed E-state index contributed by atoms with van der Waals surface area (Å²) in [7, 11) is 0. The number of nitrogens with two attached hydrogens (primary N) is 1. The second-order valence-electron chi connectivity index (χ2n) is 4.06. The Bertz CT molecular complexity index is 402. The first-order chi connectivity index (χ1) is 8.92. The van der Waals surface area contributed by atoms with Crippen LogP contribution in [0.4, 0.5) is 24.8 Å². The number of nitrogens with one attached hydrogen (secondary N) is 1. The lowest BCUT2D eigenvalue weighted by atomic mass is 10.3. The molecule has 0 saturated carbocycles. The molecule has 5 nitrogen and oxygen atoms in total. The first-order valence-electron chi connectivity index (χ1n) is 6.10. The molecule has 0 atom stereocenters. The lowest BCUT2D eigenvalue weighted by Crippen LogP contribution is -2.27. The lowest BCUT2D eigenvalue weighted by Gasteiger charge is -2.23. The molecular formula is C11H18F3N5. The van der Waals surface area contributed by atoms with Gasteiger partial charge in [-0.2, -0.15) is 13.2 Å². The molecule has 1 rings (SSSR count). The number of nitrogen functional groups attached to an aromatic ring is 1. The molecule has 0 aliphatic heterocycles. The zero-order valence-electron chi connectivity index (χ0n) is 11.0. The van der Waals surface area contributed by atoms with Crippen LogP contribution >= 0.6 is 0 Å². The van der Waals surface area contributed by atoms with Crippen molar-refractivity contribution in [2.75, 3.05) is 23.4 Å². The van der Waals surface area contributed by atoms with Gasteiger partial charge in [0.25, 0.3) is 0 Å². The van der Waals surface area contributed by atoms with Crippen LogP contribution in [0.2, 0.25) is 0 Å². The van der Waals surface area contributed by atoms with Crippen molar-refractivity contribution in [1.82, 2.24) is 9.97 Å². The highest BCUT2D eigenvalue weighted by atomic mass is 19.4. The van der Waals surface area contributed by atoms with Crippen LogP contribution in [-0.2, 0) is 6.18 Å². The predicted molar refractivity (Wildman–Crippen MR) is 67.6 cm³/mol. The Kier molecular flexibility index (Phi) is 5.34. The standard InChI is InChI=1S/C11H18F3N5/c1-3-5-19(6-4-2)9-7-8(18-15)16-10(17-9)11(12,13)14/h7H,3-6,15H2,1-2H3,(H,16,17,18). The van der Waals surface area contributed by atoms with Crippen LogP contribution in [0.1, 0.15) is 32.5 Å². The summed E-state index contributed by atoms with van der Waals surface area (Å²) in [5, 5.41) is 0. The minimum absolute atomic E-state index is 0.0467. The van der Waals surface area contributed by atoms with Gasteiger partial charge in [-0.05, 0) is 12.8 Å². The van der Waals surface area contributed by atoms with Crippen LogP contribution in [0.5, 0.6) is 0 Å². The van der Waals surface area contributed by atoms with Crippen molar-refractivity contribution in [3.8, 4) is 0 Å². The van der Waals surface area contributed by atoms with Gasteiger partial charge in [0.05, 0.1) is 0 Å². The Morgan fingerprint density at radius 3 is 2.21 bits per heavy atom. The fraction of sp³-hybridized carbons (Fsp3) is 0.636. The van der Waals surface area contributed by atoms with E-state index in [4.69, 9.17) is 5.84 Å². The zero-order chi connectivity index (χ0) is 14.5. The molecule has 1 heterocycles. The van der Waals surface area contributed by atoms with E-state index in [1.54, 1.807) is 4.90 Å². The average molecular weight is 277 g/mol. The van der Waals surface area contributed by atoms with Gasteiger partial charge in [-0.1, -0.05) is 13.8 Å². The molecule has 0 aliphatic carbocycles. The van der Waals surface area contributed by atoms with Gasteiger partial charge in [0.15, 0.2) is 0 Å². The first-order valence-corrected chi connectivity index (χ1v) is 6.10. The number of nitrogens with zero attached hydrogens (tertiary/aromatic N) is 3. The number of hydrazine groups is 1. The summed E-state index contributed by atoms with van der Waals surface area (Å²) in [4.78, 5) is 8.70. The number of hydrogen-bond acceptors (Lipinski definition) is 5. The second kappa shape index (κ2) is 6.55. The first kappa shape index (κ1) is 15.5. The molecule has 0 aromatic carbocycles. The van der Waals surface area contributed by atoms with Crippen molar-refractivity contribution >= 4 is 11.6 Å². The maximum Gasteiger partial charge on any atom is 0.451 e. The van der Waals surface area contributed by atoms with Gasteiger partial charge in [-0.25, -0.2) is 15.8 Å². The van der Waals surface area contributed by atoms with E-state index in [1.807, 2.05) is 13.8 Å². The zero-order valence-corrected chi connectivity index (χ0v) is 11.0. The van der Waals surface area contributed by atoms with Crippen LogP contribution in [0.15, 0.2) is 6.07 Å². The smallest absolute Gasteiger partial charge is 0.356 e. The Hall–Kier alpha value is -1.57. The third kappa shape index (κ3) is 4.23. The van der Waals surface area contributed by atoms with Gasteiger partial charge in [0.2, 0.25) is 5.82 Å². The summed E-state index contributed by atoms with van der Waals surface area (Å²) in [6, 6.07) is 1.42. The monoisotopic (exact) mass is 277 g/mol. The molecule has 0 fully saturated rings. The molecule has 1 aromatic rings. The topological polar surface area (TPSA) is 67.1 Å². The molecule has 0 aliphatic rings. The predicted octanol–water partition coefficient (Wildman–Crippen LogP) is 2.41. The summed E-state index contributed by atoms with van der Waals surface area (Å²) in [5.74, 6) is 4.16. The van der Waals surface area contributed by atoms with Gasteiger partial charge in [0.1, 0.15) is 11.6 Å². The molecule has 1 aromatic heterocycles. The number of hydrogen-bond donors (Lipinski definition) is 2. The summed E-state index contributed by atoms with van der Waals surface area (Å²) in [6.07, 6.45) is -2.96. The maximum atomic E-state index is 12.7. The van der Waals surface area contributed by atoms with E-state index >= 15 is 0 Å². The number of aromatic nitrogens is 2. The summed E-state index contributed by atoms with van der Waals surface area (Å²) >= 11 is 0. The number of rotatable bonds is 6. The average Bonchev–Trinajstić information content (AvgIpc) is 2.37. The van der Waals surface area contributed by atoms with Gasteiger partial charge in [-0.15, -0.1) is 0 Å². The van der Waals surface area contributed by atoms with Gasteiger partial charge < -0.3 is 10.3 Å². The number of alkyl halides is 3. The normalized spacial score (nSPS) is 11.5. The van der Waals surface area contributed by atoms with Crippen molar-refractivity contribution in [3.05, 3.63) is 11.9 Å². The van der Waals surface area contributed by atoms with E-state index < -0.39 is 12.0 Å². The molecule has 0 unspecified atom stereocenters. The summed E-state index contributed by atoms with van der Waals surface area (Å²) in [6.45, 7) is 5.17. The van der Waals surface area contributed by atoms with Gasteiger partial charge in [-0.3, -0.25) is 0 Å². The molecular weight excluding hydrogens is 259 g/mol. The van der Waals surface area contributed by atoms with E-state index in [1.165, 1.54) is 6.07 Å². The molecule has 0 bridgehead atoms. The third-order valence-electron chi connectivity index (χ3n) is 2.43. The molecule has 0 radical (unpaired) electrons. The van der Waals surface area contributed by atoms with Crippen molar-refractivity contribution in [1.29, 1.82) is 0 Å². The molecule has 0 amide bonds. The van der Waals surface area contributed by atoms with E-state index in [0.29, 0.717) is 13.1 Å². The Labute approximate surface area is 110 Å². The van der Waals surface area contributed by atoms with E-state index in [0.717, 1.165) is 12.8 Å². The molecule has 3 N–H and O–H groups in total. The van der Waals surface area contributed by atoms with E-state index in [-0.39, 0.29) is 11.6 Å². The maximum absolute atomic E-state index is 12.7. The highest BCUT2D eigenvalue weighted by Crippen LogP contribution is 2.29. The Morgan fingerprint density at radius 2 is 1.79 bits per heavy atom. The highest BCUT2D eigenvalue weighted by Gasteiger charge is 2.35. The molecule has 108 valence electrons. The van der Waals surface area contributed by atoms with Crippen molar-refractivity contribution in [2.45, 2.75) is 32.9 Å². The Balaban J connectivity index is 3.17. The van der Waals surface area contributed by atoms with Crippen LogP contribution in [0.25, 0.3) is 0 Å². The third-order valence-corrected chi connectivity index (χ3v) is 2.43.